The van der Waals surface area contributed by atoms with Crippen LogP contribution >= 0.6 is 35.0 Å². The molecule has 0 aliphatic carbocycles. The Hall–Kier alpha value is -0.970. The first-order chi connectivity index (χ1) is 9.00. The molecular formula is C13H11Cl2FN2S. The summed E-state index contributed by atoms with van der Waals surface area (Å²) in [6.07, 6.45) is 1.62. The quantitative estimate of drug-likeness (QED) is 0.642. The first-order valence-electron chi connectivity index (χ1n) is 5.51. The van der Waals surface area contributed by atoms with Crippen LogP contribution in [0.3, 0.4) is 0 Å². The number of nitrogens with two attached hydrogens (primary N) is 1. The Morgan fingerprint density at radius 2 is 2.05 bits per heavy atom. The lowest BCUT2D eigenvalue weighted by atomic mass is 10.1. The smallest absolute Gasteiger partial charge is 0.142 e. The van der Waals surface area contributed by atoms with Crippen LogP contribution in [0.4, 0.5) is 10.2 Å². The summed E-state index contributed by atoms with van der Waals surface area (Å²) in [5, 5.41) is 0.353. The van der Waals surface area contributed by atoms with Crippen LogP contribution in [-0.2, 0) is 0 Å². The molecular weight excluding hydrogens is 306 g/mol. The van der Waals surface area contributed by atoms with Crippen molar-refractivity contribution in [3.63, 3.8) is 0 Å². The van der Waals surface area contributed by atoms with Crippen molar-refractivity contribution >= 4 is 40.8 Å². The molecule has 0 amide bonds. The zero-order valence-electron chi connectivity index (χ0n) is 10.0. The predicted molar refractivity (Wildman–Crippen MR) is 79.3 cm³/mol. The highest BCUT2D eigenvalue weighted by Crippen LogP contribution is 2.43. The minimum absolute atomic E-state index is 0.0509. The predicted octanol–water partition coefficient (Wildman–Crippen LogP) is 4.96. The molecule has 0 radical (unpaired) electrons. The molecule has 1 heterocycles. The summed E-state index contributed by atoms with van der Waals surface area (Å²) in [7, 11) is 0. The standard InChI is InChI=1S/C13H11Cl2FN2S/c1-7(19-10-3-2-6-18-13(10)17)11-8(14)4-5-9(16)12(11)15/h2-7H,1H3,(H2,17,18). The molecule has 2 rings (SSSR count). The minimum Gasteiger partial charge on any atom is -0.383 e. The Kier molecular flexibility index (Phi) is 4.55. The van der Waals surface area contributed by atoms with Crippen LogP contribution < -0.4 is 5.73 Å². The van der Waals surface area contributed by atoms with Gasteiger partial charge in [-0.1, -0.05) is 23.2 Å². The van der Waals surface area contributed by atoms with Gasteiger partial charge in [0.2, 0.25) is 0 Å². The number of pyridine rings is 1. The summed E-state index contributed by atoms with van der Waals surface area (Å²) in [5.74, 6) is -0.0457. The molecule has 0 saturated carbocycles. The van der Waals surface area contributed by atoms with E-state index in [0.29, 0.717) is 16.4 Å². The number of benzene rings is 1. The number of nitrogens with zero attached hydrogens (tertiary/aromatic N) is 1. The zero-order chi connectivity index (χ0) is 14.0. The maximum absolute atomic E-state index is 13.5. The molecule has 0 saturated heterocycles. The number of nitrogen functional groups attached to an aromatic ring is 1. The van der Waals surface area contributed by atoms with Crippen molar-refractivity contribution in [3.8, 4) is 0 Å². The van der Waals surface area contributed by atoms with Gasteiger partial charge in [0, 0.05) is 22.0 Å². The van der Waals surface area contributed by atoms with Crippen molar-refractivity contribution in [3.05, 3.63) is 51.9 Å². The van der Waals surface area contributed by atoms with Gasteiger partial charge < -0.3 is 5.73 Å². The van der Waals surface area contributed by atoms with E-state index in [-0.39, 0.29) is 10.3 Å². The number of aromatic nitrogens is 1. The van der Waals surface area contributed by atoms with Crippen LogP contribution in [0, 0.1) is 5.82 Å². The molecule has 19 heavy (non-hydrogen) atoms. The summed E-state index contributed by atoms with van der Waals surface area (Å²) in [5.41, 5.74) is 6.35. The fraction of sp³-hybridized carbons (Fsp3) is 0.154. The fourth-order valence-corrected chi connectivity index (χ4v) is 3.57. The number of anilines is 1. The number of rotatable bonds is 3. The van der Waals surface area contributed by atoms with E-state index >= 15 is 0 Å². The van der Waals surface area contributed by atoms with E-state index in [9.17, 15) is 4.39 Å². The molecule has 100 valence electrons. The lowest BCUT2D eigenvalue weighted by molar-refractivity contribution is 0.626. The van der Waals surface area contributed by atoms with Gasteiger partial charge in [-0.25, -0.2) is 9.37 Å². The number of hydrogen-bond acceptors (Lipinski definition) is 3. The molecule has 1 atom stereocenters. The van der Waals surface area contributed by atoms with Gasteiger partial charge in [-0.2, -0.15) is 0 Å². The largest absolute Gasteiger partial charge is 0.383 e. The molecule has 0 aliphatic rings. The van der Waals surface area contributed by atoms with Crippen molar-refractivity contribution < 1.29 is 4.39 Å². The van der Waals surface area contributed by atoms with Gasteiger partial charge in [0.1, 0.15) is 11.6 Å². The summed E-state index contributed by atoms with van der Waals surface area (Å²) >= 11 is 13.5. The highest BCUT2D eigenvalue weighted by atomic mass is 35.5. The average molecular weight is 317 g/mol. The number of thioether (sulfide) groups is 1. The van der Waals surface area contributed by atoms with Gasteiger partial charge in [-0.15, -0.1) is 11.8 Å². The lowest BCUT2D eigenvalue weighted by Gasteiger charge is -2.16. The van der Waals surface area contributed by atoms with Gasteiger partial charge in [0.25, 0.3) is 0 Å². The summed E-state index contributed by atoms with van der Waals surface area (Å²) < 4.78 is 13.5. The normalized spacial score (nSPS) is 12.4. The summed E-state index contributed by atoms with van der Waals surface area (Å²) in [4.78, 5) is 4.82. The van der Waals surface area contributed by atoms with Crippen LogP contribution in [0.25, 0.3) is 0 Å². The van der Waals surface area contributed by atoms with Crippen LogP contribution in [-0.4, -0.2) is 4.98 Å². The van der Waals surface area contributed by atoms with Gasteiger partial charge >= 0.3 is 0 Å². The molecule has 0 spiro atoms. The third-order valence-corrected chi connectivity index (χ3v) is 4.49. The molecule has 2 nitrogen and oxygen atoms in total. The Morgan fingerprint density at radius 3 is 2.74 bits per heavy atom. The second kappa shape index (κ2) is 5.99. The van der Waals surface area contributed by atoms with Gasteiger partial charge in [-0.3, -0.25) is 0 Å². The van der Waals surface area contributed by atoms with Crippen LogP contribution in [0.2, 0.25) is 10.0 Å². The minimum atomic E-state index is -0.479. The van der Waals surface area contributed by atoms with Crippen molar-refractivity contribution in [1.82, 2.24) is 4.98 Å². The maximum Gasteiger partial charge on any atom is 0.142 e. The van der Waals surface area contributed by atoms with E-state index in [1.165, 1.54) is 23.9 Å². The highest BCUT2D eigenvalue weighted by molar-refractivity contribution is 7.99. The molecule has 1 aromatic carbocycles. The third-order valence-electron chi connectivity index (χ3n) is 2.59. The zero-order valence-corrected chi connectivity index (χ0v) is 12.4. The SMILES string of the molecule is CC(Sc1cccnc1N)c1c(Cl)ccc(F)c1Cl. The van der Waals surface area contributed by atoms with E-state index in [1.807, 2.05) is 13.0 Å². The number of halogens is 3. The van der Waals surface area contributed by atoms with E-state index in [4.69, 9.17) is 28.9 Å². The van der Waals surface area contributed by atoms with E-state index in [0.717, 1.165) is 4.90 Å². The lowest BCUT2D eigenvalue weighted by Crippen LogP contribution is -1.97. The van der Waals surface area contributed by atoms with Crippen LogP contribution in [0.1, 0.15) is 17.7 Å². The Labute approximate surface area is 125 Å². The first-order valence-corrected chi connectivity index (χ1v) is 7.14. The highest BCUT2D eigenvalue weighted by Gasteiger charge is 2.18. The summed E-state index contributed by atoms with van der Waals surface area (Å²) in [6.45, 7) is 1.89. The topological polar surface area (TPSA) is 38.9 Å². The molecule has 6 heteroatoms. The fourth-order valence-electron chi connectivity index (χ4n) is 1.67. The van der Waals surface area contributed by atoms with Gasteiger partial charge in [-0.05, 0) is 31.2 Å². The van der Waals surface area contributed by atoms with Crippen LogP contribution in [0.15, 0.2) is 35.4 Å². The molecule has 1 unspecified atom stereocenters. The third kappa shape index (κ3) is 3.14. The molecule has 2 aromatic rings. The van der Waals surface area contributed by atoms with Gasteiger partial charge in [0.15, 0.2) is 0 Å². The average Bonchev–Trinajstić information content (AvgIpc) is 2.37. The monoisotopic (exact) mass is 316 g/mol. The van der Waals surface area contributed by atoms with E-state index < -0.39 is 5.82 Å². The Morgan fingerprint density at radius 1 is 1.32 bits per heavy atom. The van der Waals surface area contributed by atoms with E-state index in [2.05, 4.69) is 4.98 Å². The molecule has 0 bridgehead atoms. The molecule has 0 fully saturated rings. The van der Waals surface area contributed by atoms with Crippen molar-refractivity contribution in [1.29, 1.82) is 0 Å². The maximum atomic E-state index is 13.5. The van der Waals surface area contributed by atoms with Crippen molar-refractivity contribution in [2.75, 3.05) is 5.73 Å². The van der Waals surface area contributed by atoms with Crippen LogP contribution in [0.5, 0.6) is 0 Å². The van der Waals surface area contributed by atoms with Crippen molar-refractivity contribution in [2.24, 2.45) is 0 Å². The van der Waals surface area contributed by atoms with Crippen molar-refractivity contribution in [2.45, 2.75) is 17.1 Å². The second-order valence-corrected chi connectivity index (χ2v) is 6.07. The van der Waals surface area contributed by atoms with Gasteiger partial charge in [0.05, 0.1) is 9.92 Å². The summed E-state index contributed by atoms with van der Waals surface area (Å²) in [6, 6.07) is 6.40. The second-order valence-electron chi connectivity index (χ2n) is 3.90. The number of hydrogen-bond donors (Lipinski definition) is 1. The molecule has 0 aliphatic heterocycles. The molecule has 1 aromatic heterocycles. The van der Waals surface area contributed by atoms with E-state index in [1.54, 1.807) is 12.3 Å². The molecule has 2 N–H and O–H groups in total. The Balaban J connectivity index is 2.33. The first kappa shape index (κ1) is 14.4. The Bertz CT molecular complexity index is 607.